The monoisotopic (exact) mass is 454 g/mol. The highest BCUT2D eigenvalue weighted by molar-refractivity contribution is 5.77. The first-order chi connectivity index (χ1) is 16.6. The Balaban J connectivity index is 1.09. The van der Waals surface area contributed by atoms with Crippen LogP contribution in [0, 0.1) is 6.92 Å². The first-order valence-electron chi connectivity index (χ1n) is 11.7. The highest BCUT2D eigenvalue weighted by atomic mass is 16.2. The van der Waals surface area contributed by atoms with Crippen molar-refractivity contribution in [2.45, 2.75) is 38.8 Å². The van der Waals surface area contributed by atoms with Crippen LogP contribution in [0.2, 0.25) is 0 Å². The second-order valence-corrected chi connectivity index (χ2v) is 9.13. The summed E-state index contributed by atoms with van der Waals surface area (Å²) in [5, 5.41) is 11.7. The zero-order valence-electron chi connectivity index (χ0n) is 19.1. The number of imidazole rings is 1. The van der Waals surface area contributed by atoms with Gasteiger partial charge in [0, 0.05) is 49.7 Å². The average Bonchev–Trinajstić information content (AvgIpc) is 3.57. The van der Waals surface area contributed by atoms with E-state index in [0.717, 1.165) is 47.6 Å². The number of aryl methyl sites for hydroxylation is 1. The number of hydrogen-bond acceptors (Lipinski definition) is 7. The normalized spacial score (nSPS) is 17.3. The zero-order valence-corrected chi connectivity index (χ0v) is 19.1. The summed E-state index contributed by atoms with van der Waals surface area (Å²) in [7, 11) is 0. The molecule has 0 bridgehead atoms. The summed E-state index contributed by atoms with van der Waals surface area (Å²) in [4.78, 5) is 28.5. The van der Waals surface area contributed by atoms with Crippen LogP contribution in [0.4, 0.5) is 5.95 Å². The summed E-state index contributed by atoms with van der Waals surface area (Å²) < 4.78 is 1.90. The van der Waals surface area contributed by atoms with Crippen LogP contribution >= 0.6 is 0 Å². The Morgan fingerprint density at radius 3 is 2.68 bits per heavy atom. The SMILES string of the molecule is Cc1nc(-c2cnc(NC3Cc4ccccc4C3)nc2)cn1CC(=O)N1CCC2=C(CN=N2)C1. The van der Waals surface area contributed by atoms with Crippen molar-refractivity contribution < 1.29 is 4.79 Å². The predicted octanol–water partition coefficient (Wildman–Crippen LogP) is 3.18. The van der Waals surface area contributed by atoms with E-state index in [-0.39, 0.29) is 12.5 Å². The fraction of sp³-hybridized carbons (Fsp3) is 0.360. The molecule has 0 spiro atoms. The van der Waals surface area contributed by atoms with Gasteiger partial charge in [0.05, 0.1) is 17.9 Å². The van der Waals surface area contributed by atoms with E-state index in [1.807, 2.05) is 22.6 Å². The van der Waals surface area contributed by atoms with Gasteiger partial charge in [0.15, 0.2) is 0 Å². The van der Waals surface area contributed by atoms with Crippen molar-refractivity contribution in [3.63, 3.8) is 0 Å². The van der Waals surface area contributed by atoms with Gasteiger partial charge in [0.1, 0.15) is 12.4 Å². The molecule has 172 valence electrons. The fourth-order valence-electron chi connectivity index (χ4n) is 4.93. The molecule has 3 aliphatic rings. The topological polar surface area (TPSA) is 101 Å². The summed E-state index contributed by atoms with van der Waals surface area (Å²) >= 11 is 0. The number of azo groups is 1. The van der Waals surface area contributed by atoms with Gasteiger partial charge in [-0.1, -0.05) is 24.3 Å². The summed E-state index contributed by atoms with van der Waals surface area (Å²) in [5.74, 6) is 1.49. The molecule has 1 amide bonds. The molecule has 34 heavy (non-hydrogen) atoms. The first kappa shape index (κ1) is 20.7. The lowest BCUT2D eigenvalue weighted by Gasteiger charge is -2.27. The summed E-state index contributed by atoms with van der Waals surface area (Å²) in [6.07, 6.45) is 8.23. The van der Waals surface area contributed by atoms with E-state index in [4.69, 9.17) is 0 Å². The van der Waals surface area contributed by atoms with Gasteiger partial charge < -0.3 is 14.8 Å². The number of fused-ring (bicyclic) bond motifs is 1. The van der Waals surface area contributed by atoms with Crippen LogP contribution in [-0.2, 0) is 24.2 Å². The van der Waals surface area contributed by atoms with Gasteiger partial charge in [-0.25, -0.2) is 15.0 Å². The lowest BCUT2D eigenvalue weighted by molar-refractivity contribution is -0.131. The largest absolute Gasteiger partial charge is 0.351 e. The van der Waals surface area contributed by atoms with Gasteiger partial charge in [-0.15, -0.1) is 0 Å². The van der Waals surface area contributed by atoms with E-state index in [0.29, 0.717) is 31.6 Å². The zero-order chi connectivity index (χ0) is 23.1. The molecule has 3 aromatic rings. The molecule has 1 aromatic carbocycles. The van der Waals surface area contributed by atoms with Crippen LogP contribution in [0.3, 0.4) is 0 Å². The third-order valence-corrected chi connectivity index (χ3v) is 6.83. The number of carbonyl (C=O) groups is 1. The number of hydrogen-bond donors (Lipinski definition) is 1. The minimum atomic E-state index is 0.0823. The Morgan fingerprint density at radius 2 is 1.91 bits per heavy atom. The number of nitrogens with one attached hydrogen (secondary N) is 1. The molecular weight excluding hydrogens is 428 g/mol. The van der Waals surface area contributed by atoms with Crippen molar-refractivity contribution in [2.75, 3.05) is 25.0 Å². The molecule has 0 saturated carbocycles. The van der Waals surface area contributed by atoms with E-state index >= 15 is 0 Å². The highest BCUT2D eigenvalue weighted by Gasteiger charge is 2.26. The lowest BCUT2D eigenvalue weighted by Crippen LogP contribution is -2.39. The standard InChI is InChI=1S/C25H26N8O/c1-16-29-23(14-33(16)15-24(34)32-7-6-22-20(13-32)12-28-31-22)19-10-26-25(27-11-19)30-21-8-17-4-2-3-5-18(17)9-21/h2-5,10-11,14,21H,6-9,12-13,15H2,1H3,(H,26,27,30). The molecule has 9 nitrogen and oxygen atoms in total. The minimum Gasteiger partial charge on any atom is -0.351 e. The maximum absolute atomic E-state index is 12.9. The van der Waals surface area contributed by atoms with Gasteiger partial charge in [-0.2, -0.15) is 10.2 Å². The Labute approximate surface area is 197 Å². The maximum Gasteiger partial charge on any atom is 0.242 e. The van der Waals surface area contributed by atoms with Crippen molar-refractivity contribution >= 4 is 11.9 Å². The molecule has 4 heterocycles. The molecule has 0 unspecified atom stereocenters. The fourth-order valence-corrected chi connectivity index (χ4v) is 4.93. The van der Waals surface area contributed by atoms with Gasteiger partial charge in [-0.05, 0) is 36.5 Å². The van der Waals surface area contributed by atoms with Crippen LogP contribution in [0.1, 0.15) is 23.4 Å². The number of anilines is 1. The van der Waals surface area contributed by atoms with Crippen molar-refractivity contribution in [1.29, 1.82) is 0 Å². The maximum atomic E-state index is 12.9. The molecule has 6 rings (SSSR count). The van der Waals surface area contributed by atoms with Crippen molar-refractivity contribution in [2.24, 2.45) is 10.2 Å². The van der Waals surface area contributed by atoms with Crippen molar-refractivity contribution in [1.82, 2.24) is 24.4 Å². The number of amides is 1. The molecule has 1 N–H and O–H groups in total. The average molecular weight is 455 g/mol. The Kier molecular flexibility index (Phi) is 5.16. The molecule has 0 atom stereocenters. The number of benzene rings is 1. The highest BCUT2D eigenvalue weighted by Crippen LogP contribution is 2.26. The molecule has 2 aromatic heterocycles. The van der Waals surface area contributed by atoms with E-state index in [9.17, 15) is 4.79 Å². The van der Waals surface area contributed by atoms with Crippen LogP contribution < -0.4 is 5.32 Å². The van der Waals surface area contributed by atoms with E-state index in [1.165, 1.54) is 11.1 Å². The van der Waals surface area contributed by atoms with Crippen LogP contribution in [0.15, 0.2) is 64.4 Å². The van der Waals surface area contributed by atoms with Gasteiger partial charge in [-0.3, -0.25) is 4.79 Å². The van der Waals surface area contributed by atoms with E-state index in [1.54, 1.807) is 12.4 Å². The van der Waals surface area contributed by atoms with E-state index < -0.39 is 0 Å². The van der Waals surface area contributed by atoms with Crippen LogP contribution in [-0.4, -0.2) is 56.0 Å². The second kappa shape index (κ2) is 8.48. The lowest BCUT2D eigenvalue weighted by atomic mass is 10.1. The Morgan fingerprint density at radius 1 is 1.15 bits per heavy atom. The number of nitrogens with zero attached hydrogens (tertiary/aromatic N) is 7. The van der Waals surface area contributed by atoms with Gasteiger partial charge in [0.2, 0.25) is 11.9 Å². The second-order valence-electron chi connectivity index (χ2n) is 9.13. The molecule has 0 saturated heterocycles. The molecule has 1 aliphatic carbocycles. The third kappa shape index (κ3) is 3.98. The first-order valence-corrected chi connectivity index (χ1v) is 11.7. The summed E-state index contributed by atoms with van der Waals surface area (Å²) in [6, 6.07) is 8.85. The molecular formula is C25H26N8O. The van der Waals surface area contributed by atoms with Crippen molar-refractivity contribution in [3.05, 3.63) is 71.1 Å². The van der Waals surface area contributed by atoms with Gasteiger partial charge in [0.25, 0.3) is 0 Å². The molecule has 0 radical (unpaired) electrons. The van der Waals surface area contributed by atoms with Crippen LogP contribution in [0.5, 0.6) is 0 Å². The summed E-state index contributed by atoms with van der Waals surface area (Å²) in [5.41, 5.74) is 6.60. The Hall–Kier alpha value is -3.88. The number of rotatable bonds is 5. The molecule has 2 aliphatic heterocycles. The quantitative estimate of drug-likeness (QED) is 0.638. The van der Waals surface area contributed by atoms with Crippen LogP contribution in [0.25, 0.3) is 11.3 Å². The number of carbonyl (C=O) groups excluding carboxylic acids is 1. The smallest absolute Gasteiger partial charge is 0.242 e. The minimum absolute atomic E-state index is 0.0823. The number of aromatic nitrogens is 4. The van der Waals surface area contributed by atoms with Crippen molar-refractivity contribution in [3.8, 4) is 11.3 Å². The van der Waals surface area contributed by atoms with Gasteiger partial charge >= 0.3 is 0 Å². The summed E-state index contributed by atoms with van der Waals surface area (Å²) in [6.45, 7) is 4.10. The van der Waals surface area contributed by atoms with E-state index in [2.05, 4.69) is 54.8 Å². The molecule has 0 fully saturated rings. The molecule has 9 heteroatoms. The predicted molar refractivity (Wildman–Crippen MR) is 127 cm³/mol. The Bertz CT molecular complexity index is 1280. The third-order valence-electron chi connectivity index (χ3n) is 6.83.